The maximum atomic E-state index is 11.7. The van der Waals surface area contributed by atoms with Crippen LogP contribution in [0, 0.1) is 17.8 Å². The average molecular weight is 512 g/mol. The summed E-state index contributed by atoms with van der Waals surface area (Å²) in [5.74, 6) is 3.32. The Morgan fingerprint density at radius 1 is 0.926 bits per heavy atom. The molecule has 2 aliphatic carbocycles. The van der Waals surface area contributed by atoms with E-state index in [1.54, 1.807) is 0 Å². The van der Waals surface area contributed by atoms with Gasteiger partial charge in [-0.05, 0) is 56.3 Å². The Kier molecular flexibility index (Phi) is 9.16. The lowest BCUT2D eigenvalue weighted by Crippen LogP contribution is -2.49. The van der Waals surface area contributed by atoms with E-state index in [2.05, 4.69) is 24.5 Å². The molecule has 0 aromatic rings. The van der Waals surface area contributed by atoms with E-state index in [-0.39, 0.29) is 29.9 Å². The number of hydrogen-bond acceptors (Lipinski definition) is 3. The van der Waals surface area contributed by atoms with Crippen LogP contribution in [0.4, 0.5) is 0 Å². The maximum Gasteiger partial charge on any atom is 0.191 e. The lowest BCUT2D eigenvalue weighted by Gasteiger charge is -2.34. The zero-order valence-electron chi connectivity index (χ0n) is 17.0. The minimum atomic E-state index is -2.82. The fourth-order valence-corrected chi connectivity index (χ4v) is 6.53. The molecule has 2 saturated carbocycles. The van der Waals surface area contributed by atoms with Gasteiger partial charge in [-0.15, -0.1) is 24.0 Å². The Morgan fingerprint density at radius 2 is 1.63 bits per heavy atom. The van der Waals surface area contributed by atoms with Crippen molar-refractivity contribution in [3.63, 3.8) is 0 Å². The molecule has 1 heterocycles. The number of aliphatic imine (C=N–C) groups is 1. The standard InChI is InChI=1S/C20H37N3O2S.HI/c1-15-8-9-19(12-16(15)2)23-20(22-18-6-4-3-5-7-18)21-13-17-10-11-26(24,25)14-17;/h15-19H,3-14H2,1-2H3,(H2,21,22,23);1H. The lowest BCUT2D eigenvalue weighted by molar-refractivity contribution is 0.239. The largest absolute Gasteiger partial charge is 0.354 e. The molecule has 3 rings (SSSR count). The van der Waals surface area contributed by atoms with E-state index in [9.17, 15) is 8.42 Å². The maximum absolute atomic E-state index is 11.7. The van der Waals surface area contributed by atoms with Gasteiger partial charge in [0.15, 0.2) is 15.8 Å². The van der Waals surface area contributed by atoms with Crippen molar-refractivity contribution in [2.24, 2.45) is 22.7 Å². The Balaban J connectivity index is 0.00000261. The van der Waals surface area contributed by atoms with Crippen LogP contribution in [-0.4, -0.2) is 44.5 Å². The van der Waals surface area contributed by atoms with Crippen LogP contribution >= 0.6 is 24.0 Å². The van der Waals surface area contributed by atoms with E-state index >= 15 is 0 Å². The Labute approximate surface area is 182 Å². The van der Waals surface area contributed by atoms with Gasteiger partial charge in [0, 0.05) is 18.6 Å². The van der Waals surface area contributed by atoms with Crippen LogP contribution in [0.3, 0.4) is 0 Å². The molecule has 158 valence electrons. The van der Waals surface area contributed by atoms with Crippen LogP contribution < -0.4 is 10.6 Å². The van der Waals surface area contributed by atoms with Gasteiger partial charge in [0.05, 0.1) is 11.5 Å². The van der Waals surface area contributed by atoms with Crippen LogP contribution in [0.15, 0.2) is 4.99 Å². The van der Waals surface area contributed by atoms with Gasteiger partial charge in [-0.2, -0.15) is 0 Å². The lowest BCUT2D eigenvalue weighted by atomic mass is 9.79. The summed E-state index contributed by atoms with van der Waals surface area (Å²) in [5, 5.41) is 7.35. The molecule has 0 radical (unpaired) electrons. The summed E-state index contributed by atoms with van der Waals surface area (Å²) in [6.07, 6.45) is 10.8. The molecular weight excluding hydrogens is 473 g/mol. The van der Waals surface area contributed by atoms with Crippen LogP contribution in [0.5, 0.6) is 0 Å². The quantitative estimate of drug-likeness (QED) is 0.343. The topological polar surface area (TPSA) is 70.6 Å². The summed E-state index contributed by atoms with van der Waals surface area (Å²) in [5.41, 5.74) is 0. The van der Waals surface area contributed by atoms with E-state index in [4.69, 9.17) is 4.99 Å². The van der Waals surface area contributed by atoms with E-state index in [1.165, 1.54) is 51.4 Å². The third kappa shape index (κ3) is 7.37. The van der Waals surface area contributed by atoms with E-state index in [0.29, 0.717) is 30.1 Å². The molecule has 0 aromatic heterocycles. The predicted octanol–water partition coefficient (Wildman–Crippen LogP) is 3.73. The first-order chi connectivity index (χ1) is 12.4. The van der Waals surface area contributed by atoms with Crippen molar-refractivity contribution in [3.8, 4) is 0 Å². The first-order valence-electron chi connectivity index (χ1n) is 10.7. The van der Waals surface area contributed by atoms with Gasteiger partial charge in [0.25, 0.3) is 0 Å². The smallest absolute Gasteiger partial charge is 0.191 e. The average Bonchev–Trinajstić information content (AvgIpc) is 2.96. The number of halogens is 1. The van der Waals surface area contributed by atoms with Crippen LogP contribution in [0.1, 0.15) is 71.6 Å². The number of nitrogens with zero attached hydrogens (tertiary/aromatic N) is 1. The molecule has 7 heteroatoms. The molecular formula is C20H38IN3O2S. The van der Waals surface area contributed by atoms with Crippen LogP contribution in [0.2, 0.25) is 0 Å². The van der Waals surface area contributed by atoms with E-state index in [1.807, 2.05) is 0 Å². The third-order valence-electron chi connectivity index (χ3n) is 6.72. The zero-order valence-corrected chi connectivity index (χ0v) is 20.1. The van der Waals surface area contributed by atoms with Crippen molar-refractivity contribution in [1.82, 2.24) is 10.6 Å². The molecule has 0 aromatic carbocycles. The SMILES string of the molecule is CC1CCC(NC(=NCC2CCS(=O)(=O)C2)NC2CCCCC2)CC1C.I. The second-order valence-electron chi connectivity index (χ2n) is 9.05. The number of sulfone groups is 1. The first kappa shape index (κ1) is 23.2. The number of rotatable bonds is 4. The van der Waals surface area contributed by atoms with Crippen molar-refractivity contribution < 1.29 is 8.42 Å². The molecule has 3 aliphatic rings. The summed E-state index contributed by atoms with van der Waals surface area (Å²) in [7, 11) is -2.82. The van der Waals surface area contributed by atoms with Gasteiger partial charge in [-0.3, -0.25) is 4.99 Å². The second-order valence-corrected chi connectivity index (χ2v) is 11.3. The van der Waals surface area contributed by atoms with E-state index < -0.39 is 9.84 Å². The van der Waals surface area contributed by atoms with Crippen molar-refractivity contribution in [2.75, 3.05) is 18.1 Å². The highest BCUT2D eigenvalue weighted by Gasteiger charge is 2.29. The highest BCUT2D eigenvalue weighted by molar-refractivity contribution is 14.0. The zero-order chi connectivity index (χ0) is 18.6. The highest BCUT2D eigenvalue weighted by atomic mass is 127. The van der Waals surface area contributed by atoms with Crippen LogP contribution in [-0.2, 0) is 9.84 Å². The van der Waals surface area contributed by atoms with Gasteiger partial charge in [-0.1, -0.05) is 33.1 Å². The monoisotopic (exact) mass is 511 g/mol. The summed E-state index contributed by atoms with van der Waals surface area (Å²) in [6, 6.07) is 1.01. The van der Waals surface area contributed by atoms with Crippen molar-refractivity contribution >= 4 is 39.8 Å². The number of nitrogens with one attached hydrogen (secondary N) is 2. The van der Waals surface area contributed by atoms with Crippen molar-refractivity contribution in [1.29, 1.82) is 0 Å². The van der Waals surface area contributed by atoms with Crippen molar-refractivity contribution in [2.45, 2.75) is 83.7 Å². The third-order valence-corrected chi connectivity index (χ3v) is 8.56. The van der Waals surface area contributed by atoms with E-state index in [0.717, 1.165) is 24.2 Å². The summed E-state index contributed by atoms with van der Waals surface area (Å²) in [6.45, 7) is 5.34. The second kappa shape index (κ2) is 10.6. The Bertz CT molecular complexity index is 590. The first-order valence-corrected chi connectivity index (χ1v) is 12.5. The molecule has 1 saturated heterocycles. The van der Waals surface area contributed by atoms with Crippen molar-refractivity contribution in [3.05, 3.63) is 0 Å². The fourth-order valence-electron chi connectivity index (χ4n) is 4.68. The number of hydrogen-bond donors (Lipinski definition) is 2. The summed E-state index contributed by atoms with van der Waals surface area (Å²) in [4.78, 5) is 4.83. The Hall–Kier alpha value is -0.0500. The van der Waals surface area contributed by atoms with Gasteiger partial charge in [0.2, 0.25) is 0 Å². The highest BCUT2D eigenvalue weighted by Crippen LogP contribution is 2.29. The minimum absolute atomic E-state index is 0. The summed E-state index contributed by atoms with van der Waals surface area (Å²) < 4.78 is 23.4. The molecule has 5 nitrogen and oxygen atoms in total. The normalized spacial score (nSPS) is 34.7. The van der Waals surface area contributed by atoms with Gasteiger partial charge >= 0.3 is 0 Å². The molecule has 4 unspecified atom stereocenters. The Morgan fingerprint density at radius 3 is 2.26 bits per heavy atom. The molecule has 0 bridgehead atoms. The molecule has 0 amide bonds. The fraction of sp³-hybridized carbons (Fsp3) is 0.950. The molecule has 2 N–H and O–H groups in total. The molecule has 1 aliphatic heterocycles. The molecule has 4 atom stereocenters. The van der Waals surface area contributed by atoms with Gasteiger partial charge in [-0.25, -0.2) is 8.42 Å². The predicted molar refractivity (Wildman–Crippen MR) is 124 cm³/mol. The van der Waals surface area contributed by atoms with Crippen LogP contribution in [0.25, 0.3) is 0 Å². The molecule has 0 spiro atoms. The number of guanidine groups is 1. The molecule has 27 heavy (non-hydrogen) atoms. The minimum Gasteiger partial charge on any atom is -0.354 e. The van der Waals surface area contributed by atoms with Gasteiger partial charge in [0.1, 0.15) is 0 Å². The summed E-state index contributed by atoms with van der Waals surface area (Å²) >= 11 is 0. The molecule has 3 fully saturated rings. The van der Waals surface area contributed by atoms with Gasteiger partial charge < -0.3 is 10.6 Å².